The van der Waals surface area contributed by atoms with Crippen LogP contribution in [0.2, 0.25) is 0 Å². The molecule has 1 aromatic heterocycles. The molecule has 160 valence electrons. The van der Waals surface area contributed by atoms with Crippen molar-refractivity contribution in [2.75, 3.05) is 31.1 Å². The van der Waals surface area contributed by atoms with Crippen molar-refractivity contribution < 1.29 is 9.90 Å². The summed E-state index contributed by atoms with van der Waals surface area (Å²) in [5.41, 5.74) is 3.91. The number of piperazine rings is 1. The van der Waals surface area contributed by atoms with Gasteiger partial charge >= 0.3 is 0 Å². The van der Waals surface area contributed by atoms with Crippen molar-refractivity contribution in [3.8, 4) is 22.7 Å². The molecule has 5 rings (SSSR count). The maximum atomic E-state index is 13.6. The molecule has 0 radical (unpaired) electrons. The Kier molecular flexibility index (Phi) is 5.34. The Morgan fingerprint density at radius 1 is 0.781 bits per heavy atom. The summed E-state index contributed by atoms with van der Waals surface area (Å²) >= 11 is 0. The number of aromatic nitrogens is 2. The highest BCUT2D eigenvalue weighted by molar-refractivity contribution is 6.00. The normalized spacial score (nSPS) is 13.9. The number of phenolic OH excluding ortho intramolecular Hbond substituents is 1. The van der Waals surface area contributed by atoms with Crippen molar-refractivity contribution in [2.24, 2.45) is 0 Å². The van der Waals surface area contributed by atoms with Crippen molar-refractivity contribution in [3.63, 3.8) is 0 Å². The molecule has 0 atom stereocenters. The second-order valence-corrected chi connectivity index (χ2v) is 7.81. The molecule has 1 aliphatic rings. The fourth-order valence-corrected chi connectivity index (χ4v) is 4.11. The molecule has 0 spiro atoms. The number of nitrogens with zero attached hydrogens (tertiary/aromatic N) is 4. The minimum absolute atomic E-state index is 0.0250. The summed E-state index contributed by atoms with van der Waals surface area (Å²) in [4.78, 5) is 17.5. The zero-order valence-electron chi connectivity index (χ0n) is 17.6. The maximum Gasteiger partial charge on any atom is 0.257 e. The van der Waals surface area contributed by atoms with Crippen molar-refractivity contribution in [2.45, 2.75) is 0 Å². The highest BCUT2D eigenvalue weighted by Crippen LogP contribution is 2.29. The van der Waals surface area contributed by atoms with Crippen LogP contribution in [-0.2, 0) is 0 Å². The predicted octanol–water partition coefficient (Wildman–Crippen LogP) is 4.21. The van der Waals surface area contributed by atoms with Gasteiger partial charge in [0.15, 0.2) is 0 Å². The van der Waals surface area contributed by atoms with E-state index in [1.54, 1.807) is 10.7 Å². The lowest BCUT2D eigenvalue weighted by Gasteiger charge is -2.36. The first kappa shape index (κ1) is 19.9. The summed E-state index contributed by atoms with van der Waals surface area (Å²) in [7, 11) is 0. The van der Waals surface area contributed by atoms with Gasteiger partial charge in [-0.25, -0.2) is 4.68 Å². The topological polar surface area (TPSA) is 61.6 Å². The minimum Gasteiger partial charge on any atom is -0.506 e. The number of anilines is 1. The van der Waals surface area contributed by atoms with Crippen LogP contribution in [-0.4, -0.2) is 51.9 Å². The van der Waals surface area contributed by atoms with E-state index in [-0.39, 0.29) is 11.7 Å². The molecule has 6 nitrogen and oxygen atoms in total. The number of carbonyl (C=O) groups is 1. The second-order valence-electron chi connectivity index (χ2n) is 7.81. The van der Waals surface area contributed by atoms with Crippen LogP contribution in [0.25, 0.3) is 16.9 Å². The highest BCUT2D eigenvalue weighted by Gasteiger charge is 2.27. The van der Waals surface area contributed by atoms with Crippen LogP contribution < -0.4 is 4.90 Å². The van der Waals surface area contributed by atoms with E-state index in [1.165, 1.54) is 0 Å². The monoisotopic (exact) mass is 424 g/mol. The van der Waals surface area contributed by atoms with Gasteiger partial charge in [-0.3, -0.25) is 4.79 Å². The van der Waals surface area contributed by atoms with Crippen LogP contribution in [0.15, 0.2) is 91.1 Å². The van der Waals surface area contributed by atoms with E-state index in [1.807, 2.05) is 90.0 Å². The van der Waals surface area contributed by atoms with E-state index < -0.39 is 0 Å². The largest absolute Gasteiger partial charge is 0.506 e. The van der Waals surface area contributed by atoms with Crippen LogP contribution in [0.3, 0.4) is 0 Å². The maximum absolute atomic E-state index is 13.6. The number of amides is 1. The first-order valence-corrected chi connectivity index (χ1v) is 10.7. The van der Waals surface area contributed by atoms with Crippen LogP contribution in [0, 0.1) is 0 Å². The summed E-state index contributed by atoms with van der Waals surface area (Å²) in [6.07, 6.45) is 1.83. The quantitative estimate of drug-likeness (QED) is 0.533. The molecule has 1 aliphatic heterocycles. The van der Waals surface area contributed by atoms with Crippen LogP contribution >= 0.6 is 0 Å². The smallest absolute Gasteiger partial charge is 0.257 e. The molecular formula is C26H24N4O2. The number of phenols is 1. The Bertz CT molecular complexity index is 1210. The SMILES string of the molecule is O=C(c1cn(-c2ccccc2)nc1-c1ccccc1)N1CCN(c2ccccc2O)CC1. The molecule has 0 saturated carbocycles. The third kappa shape index (κ3) is 3.83. The van der Waals surface area contributed by atoms with Crippen molar-refractivity contribution in [1.29, 1.82) is 0 Å². The van der Waals surface area contributed by atoms with Gasteiger partial charge in [-0.1, -0.05) is 60.7 Å². The van der Waals surface area contributed by atoms with Crippen LogP contribution in [0.1, 0.15) is 10.4 Å². The van der Waals surface area contributed by atoms with Gasteiger partial charge in [0.05, 0.1) is 16.9 Å². The number of hydrogen-bond acceptors (Lipinski definition) is 4. The average molecular weight is 425 g/mol. The van der Waals surface area contributed by atoms with Gasteiger partial charge in [0.2, 0.25) is 0 Å². The van der Waals surface area contributed by atoms with E-state index >= 15 is 0 Å². The molecule has 1 amide bonds. The standard InChI is InChI=1S/C26H24N4O2/c31-24-14-8-7-13-23(24)28-15-17-29(18-16-28)26(32)22-19-30(21-11-5-2-6-12-21)27-25(22)20-9-3-1-4-10-20/h1-14,19,31H,15-18H2. The molecule has 2 heterocycles. The lowest BCUT2D eigenvalue weighted by molar-refractivity contribution is 0.0747. The summed E-state index contributed by atoms with van der Waals surface area (Å²) in [5, 5.41) is 14.9. The number of carbonyl (C=O) groups excluding carboxylic acids is 1. The van der Waals surface area contributed by atoms with E-state index in [0.717, 1.165) is 16.9 Å². The summed E-state index contributed by atoms with van der Waals surface area (Å²) in [6, 6.07) is 27.0. The summed E-state index contributed by atoms with van der Waals surface area (Å²) < 4.78 is 1.77. The Hall–Kier alpha value is -4.06. The molecule has 1 fully saturated rings. The van der Waals surface area contributed by atoms with E-state index in [4.69, 9.17) is 5.10 Å². The van der Waals surface area contributed by atoms with Gasteiger partial charge in [-0.15, -0.1) is 0 Å². The fraction of sp³-hybridized carbons (Fsp3) is 0.154. The Labute approximate surface area is 187 Å². The molecule has 1 saturated heterocycles. The van der Waals surface area contributed by atoms with Crippen molar-refractivity contribution in [3.05, 3.63) is 96.7 Å². The second kappa shape index (κ2) is 8.59. The number of hydrogen-bond donors (Lipinski definition) is 1. The van der Waals surface area contributed by atoms with Crippen LogP contribution in [0.4, 0.5) is 5.69 Å². The highest BCUT2D eigenvalue weighted by atomic mass is 16.3. The molecule has 6 heteroatoms. The van der Waals surface area contributed by atoms with Gasteiger partial charge in [0.25, 0.3) is 5.91 Å². The molecule has 0 bridgehead atoms. The Balaban J connectivity index is 1.42. The van der Waals surface area contributed by atoms with Gasteiger partial charge in [0, 0.05) is 37.9 Å². The molecule has 0 unspecified atom stereocenters. The first-order chi connectivity index (χ1) is 15.7. The molecule has 0 aliphatic carbocycles. The van der Waals surface area contributed by atoms with Gasteiger partial charge < -0.3 is 14.9 Å². The Morgan fingerprint density at radius 2 is 1.41 bits per heavy atom. The minimum atomic E-state index is -0.0250. The number of para-hydroxylation sites is 3. The van der Waals surface area contributed by atoms with Crippen molar-refractivity contribution in [1.82, 2.24) is 14.7 Å². The lowest BCUT2D eigenvalue weighted by Crippen LogP contribution is -2.48. The average Bonchev–Trinajstić information content (AvgIpc) is 3.31. The molecular weight excluding hydrogens is 400 g/mol. The summed E-state index contributed by atoms with van der Waals surface area (Å²) in [6.45, 7) is 2.49. The molecule has 32 heavy (non-hydrogen) atoms. The third-order valence-electron chi connectivity index (χ3n) is 5.80. The summed E-state index contributed by atoms with van der Waals surface area (Å²) in [5.74, 6) is 0.241. The number of rotatable bonds is 4. The zero-order chi connectivity index (χ0) is 21.9. The molecule has 4 aromatic rings. The van der Waals surface area contributed by atoms with Gasteiger partial charge in [-0.05, 0) is 24.3 Å². The van der Waals surface area contributed by atoms with Crippen molar-refractivity contribution >= 4 is 11.6 Å². The van der Waals surface area contributed by atoms with Gasteiger partial charge in [-0.2, -0.15) is 5.10 Å². The lowest BCUT2D eigenvalue weighted by atomic mass is 10.1. The number of aromatic hydroxyl groups is 1. The number of benzene rings is 3. The van der Waals surface area contributed by atoms with E-state index in [9.17, 15) is 9.90 Å². The zero-order valence-corrected chi connectivity index (χ0v) is 17.6. The molecule has 3 aromatic carbocycles. The predicted molar refractivity (Wildman–Crippen MR) is 125 cm³/mol. The van der Waals surface area contributed by atoms with Gasteiger partial charge in [0.1, 0.15) is 11.4 Å². The third-order valence-corrected chi connectivity index (χ3v) is 5.80. The van der Waals surface area contributed by atoms with E-state index in [2.05, 4.69) is 4.90 Å². The van der Waals surface area contributed by atoms with E-state index in [0.29, 0.717) is 37.4 Å². The first-order valence-electron chi connectivity index (χ1n) is 10.7. The van der Waals surface area contributed by atoms with Crippen LogP contribution in [0.5, 0.6) is 5.75 Å². The molecule has 1 N–H and O–H groups in total. The fourth-order valence-electron chi connectivity index (χ4n) is 4.11. The Morgan fingerprint density at radius 3 is 2.09 bits per heavy atom.